The summed E-state index contributed by atoms with van der Waals surface area (Å²) in [5.74, 6) is -0.317. The van der Waals surface area contributed by atoms with Crippen LogP contribution in [0.3, 0.4) is 0 Å². The van der Waals surface area contributed by atoms with E-state index in [0.29, 0.717) is 48.3 Å². The number of phenolic OH excluding ortho intramolecular Hbond substituents is 1. The van der Waals surface area contributed by atoms with Gasteiger partial charge in [0, 0.05) is 42.4 Å². The largest absolute Gasteiger partial charge is 0.507 e. The van der Waals surface area contributed by atoms with Crippen LogP contribution < -0.4 is 0 Å². The van der Waals surface area contributed by atoms with E-state index in [-0.39, 0.29) is 28.6 Å². The van der Waals surface area contributed by atoms with Gasteiger partial charge in [-0.05, 0) is 63.4 Å². The molecule has 1 amide bonds. The molecule has 10 heteroatoms. The zero-order chi connectivity index (χ0) is 25.3. The van der Waals surface area contributed by atoms with Crippen molar-refractivity contribution in [1.29, 1.82) is 0 Å². The summed E-state index contributed by atoms with van der Waals surface area (Å²) in [5.41, 5.74) is -0.611. The molecule has 1 saturated heterocycles. The van der Waals surface area contributed by atoms with E-state index in [1.54, 1.807) is 30.7 Å². The Morgan fingerprint density at radius 1 is 1.17 bits per heavy atom. The lowest BCUT2D eigenvalue weighted by Gasteiger charge is -2.21. The molecule has 1 aromatic carbocycles. The average Bonchev–Trinajstić information content (AvgIpc) is 3.40. The molecule has 2 N–H and O–H groups in total. The molecule has 35 heavy (non-hydrogen) atoms. The number of hydrogen-bond acceptors (Lipinski definition) is 5. The number of amides is 1. The van der Waals surface area contributed by atoms with Crippen molar-refractivity contribution in [3.05, 3.63) is 41.1 Å². The molecule has 1 aliphatic heterocycles. The van der Waals surface area contributed by atoms with Gasteiger partial charge in [-0.1, -0.05) is 0 Å². The standard InChI is InChI=1S/C25H27F3N4O3/c1-13-8-15(25(26,27)28)10-19(33)21(13)18-7-6-17-22(24(2,3)35)32(30-23(17)29-18)12-14-9-20(34)31(11-14)16-4-5-16/h6-8,10,14,16,33,35H,4-5,9,11-12H2,1-3H3/t14-/m1/s1. The Morgan fingerprint density at radius 3 is 2.49 bits per heavy atom. The van der Waals surface area contributed by atoms with Gasteiger partial charge in [-0.15, -0.1) is 0 Å². The third-order valence-electron chi connectivity index (χ3n) is 6.74. The first-order valence-corrected chi connectivity index (χ1v) is 11.6. The van der Waals surface area contributed by atoms with Crippen molar-refractivity contribution < 1.29 is 28.2 Å². The van der Waals surface area contributed by atoms with Gasteiger partial charge in [0.05, 0.1) is 17.0 Å². The van der Waals surface area contributed by atoms with Crippen LogP contribution in [-0.2, 0) is 23.1 Å². The highest BCUT2D eigenvalue weighted by molar-refractivity contribution is 5.84. The predicted octanol–water partition coefficient (Wildman–Crippen LogP) is 4.37. The first kappa shape index (κ1) is 23.6. The van der Waals surface area contributed by atoms with Crippen molar-refractivity contribution in [3.63, 3.8) is 0 Å². The summed E-state index contributed by atoms with van der Waals surface area (Å²) in [7, 11) is 0. The number of aryl methyl sites for hydroxylation is 1. The molecular weight excluding hydrogens is 461 g/mol. The topological polar surface area (TPSA) is 91.5 Å². The number of fused-ring (bicyclic) bond motifs is 1. The minimum absolute atomic E-state index is 0.0548. The molecule has 3 heterocycles. The lowest BCUT2D eigenvalue weighted by Crippen LogP contribution is -2.28. The molecule has 1 saturated carbocycles. The molecule has 2 aromatic heterocycles. The van der Waals surface area contributed by atoms with Crippen molar-refractivity contribution in [3.8, 4) is 17.0 Å². The zero-order valence-corrected chi connectivity index (χ0v) is 19.7. The molecule has 3 aromatic rings. The number of phenols is 1. The van der Waals surface area contributed by atoms with Gasteiger partial charge in [0.15, 0.2) is 5.65 Å². The average molecular weight is 489 g/mol. The molecule has 0 bridgehead atoms. The van der Waals surface area contributed by atoms with Crippen LogP contribution in [0.5, 0.6) is 5.75 Å². The quantitative estimate of drug-likeness (QED) is 0.557. The maximum Gasteiger partial charge on any atom is 0.416 e. The number of aromatic nitrogens is 3. The van der Waals surface area contributed by atoms with E-state index in [0.717, 1.165) is 18.9 Å². The van der Waals surface area contributed by atoms with Gasteiger partial charge in [0.1, 0.15) is 11.4 Å². The van der Waals surface area contributed by atoms with E-state index in [9.17, 15) is 28.2 Å². The normalized spacial score (nSPS) is 19.2. The molecular formula is C25H27F3N4O3. The van der Waals surface area contributed by atoms with Gasteiger partial charge >= 0.3 is 6.18 Å². The summed E-state index contributed by atoms with van der Waals surface area (Å²) >= 11 is 0. The van der Waals surface area contributed by atoms with E-state index in [1.165, 1.54) is 6.92 Å². The Labute approximate surface area is 200 Å². The van der Waals surface area contributed by atoms with E-state index < -0.39 is 23.1 Å². The van der Waals surface area contributed by atoms with E-state index >= 15 is 0 Å². The number of likely N-dealkylation sites (tertiary alicyclic amines) is 1. The maximum absolute atomic E-state index is 13.1. The Hall–Kier alpha value is -3.14. The molecule has 0 radical (unpaired) electrons. The highest BCUT2D eigenvalue weighted by Crippen LogP contribution is 2.40. The van der Waals surface area contributed by atoms with Gasteiger partial charge in [-0.25, -0.2) is 4.98 Å². The number of aromatic hydroxyl groups is 1. The number of alkyl halides is 3. The highest BCUT2D eigenvalue weighted by atomic mass is 19.4. The Kier molecular flexibility index (Phi) is 5.35. The summed E-state index contributed by atoms with van der Waals surface area (Å²) in [6.07, 6.45) is -2.06. The maximum atomic E-state index is 13.1. The number of aliphatic hydroxyl groups is 1. The number of hydrogen-bond donors (Lipinski definition) is 2. The Morgan fingerprint density at radius 2 is 1.89 bits per heavy atom. The van der Waals surface area contributed by atoms with E-state index in [1.807, 2.05) is 4.90 Å². The highest BCUT2D eigenvalue weighted by Gasteiger charge is 2.40. The van der Waals surface area contributed by atoms with Gasteiger partial charge in [-0.3, -0.25) is 9.48 Å². The minimum Gasteiger partial charge on any atom is -0.507 e. The first-order chi connectivity index (χ1) is 16.3. The monoisotopic (exact) mass is 488 g/mol. The predicted molar refractivity (Wildman–Crippen MR) is 122 cm³/mol. The van der Waals surface area contributed by atoms with Crippen LogP contribution in [0.2, 0.25) is 0 Å². The second kappa shape index (κ2) is 7.94. The van der Waals surface area contributed by atoms with Crippen molar-refractivity contribution in [2.45, 2.75) is 64.4 Å². The Balaban J connectivity index is 1.53. The van der Waals surface area contributed by atoms with Crippen LogP contribution in [0.1, 0.15) is 49.9 Å². The van der Waals surface area contributed by atoms with Crippen LogP contribution in [0.15, 0.2) is 24.3 Å². The van der Waals surface area contributed by atoms with E-state index in [4.69, 9.17) is 0 Å². The summed E-state index contributed by atoms with van der Waals surface area (Å²) in [5, 5.41) is 26.5. The fourth-order valence-electron chi connectivity index (χ4n) is 5.11. The van der Waals surface area contributed by atoms with Crippen molar-refractivity contribution in [2.24, 2.45) is 5.92 Å². The van der Waals surface area contributed by atoms with Crippen molar-refractivity contribution in [1.82, 2.24) is 19.7 Å². The van der Waals surface area contributed by atoms with Gasteiger partial charge in [0.2, 0.25) is 5.91 Å². The SMILES string of the molecule is Cc1cc(C(F)(F)F)cc(O)c1-c1ccc2c(C(C)(C)O)n(C[C@@H]3CC(=O)N(C4CC4)C3)nc2n1. The van der Waals surface area contributed by atoms with Crippen molar-refractivity contribution >= 4 is 16.9 Å². The van der Waals surface area contributed by atoms with Crippen LogP contribution in [0.25, 0.3) is 22.3 Å². The lowest BCUT2D eigenvalue weighted by molar-refractivity contribution is -0.137. The summed E-state index contributed by atoms with van der Waals surface area (Å²) in [4.78, 5) is 18.9. The number of pyridine rings is 1. The lowest BCUT2D eigenvalue weighted by atomic mass is 9.98. The molecule has 186 valence electrons. The second-order valence-corrected chi connectivity index (χ2v) is 10.2. The van der Waals surface area contributed by atoms with Gasteiger partial charge < -0.3 is 15.1 Å². The van der Waals surface area contributed by atoms with Crippen LogP contribution in [0.4, 0.5) is 13.2 Å². The Bertz CT molecular complexity index is 1300. The number of halogens is 3. The number of carbonyl (C=O) groups is 1. The fourth-order valence-corrected chi connectivity index (χ4v) is 5.11. The van der Waals surface area contributed by atoms with Gasteiger partial charge in [-0.2, -0.15) is 18.3 Å². The molecule has 1 aliphatic carbocycles. The zero-order valence-electron chi connectivity index (χ0n) is 19.7. The van der Waals surface area contributed by atoms with E-state index in [2.05, 4.69) is 10.1 Å². The summed E-state index contributed by atoms with van der Waals surface area (Å²) in [6, 6.07) is 5.33. The molecule has 2 aliphatic rings. The van der Waals surface area contributed by atoms with Crippen LogP contribution >= 0.6 is 0 Å². The van der Waals surface area contributed by atoms with Crippen LogP contribution in [0, 0.1) is 12.8 Å². The number of benzene rings is 1. The number of nitrogens with zero attached hydrogens (tertiary/aromatic N) is 4. The number of carbonyl (C=O) groups excluding carboxylic acids is 1. The summed E-state index contributed by atoms with van der Waals surface area (Å²) in [6.45, 7) is 5.87. The molecule has 1 atom stereocenters. The van der Waals surface area contributed by atoms with Gasteiger partial charge in [0.25, 0.3) is 0 Å². The second-order valence-electron chi connectivity index (χ2n) is 10.2. The molecule has 2 fully saturated rings. The molecule has 0 spiro atoms. The van der Waals surface area contributed by atoms with Crippen LogP contribution in [-0.4, -0.2) is 48.4 Å². The smallest absolute Gasteiger partial charge is 0.416 e. The third-order valence-corrected chi connectivity index (χ3v) is 6.74. The third kappa shape index (κ3) is 4.35. The fraction of sp³-hybridized carbons (Fsp3) is 0.480. The first-order valence-electron chi connectivity index (χ1n) is 11.6. The summed E-state index contributed by atoms with van der Waals surface area (Å²) < 4.78 is 41.1. The minimum atomic E-state index is -4.57. The molecule has 5 rings (SSSR count). The molecule has 0 unspecified atom stereocenters. The number of rotatable bonds is 5. The van der Waals surface area contributed by atoms with Crippen molar-refractivity contribution in [2.75, 3.05) is 6.54 Å². The molecule has 7 nitrogen and oxygen atoms in total.